The van der Waals surface area contributed by atoms with E-state index in [0.29, 0.717) is 5.56 Å². The van der Waals surface area contributed by atoms with Crippen LogP contribution in [-0.4, -0.2) is 42.3 Å². The number of H-pyrrole nitrogens is 1. The molecule has 4 heterocycles. The van der Waals surface area contributed by atoms with Crippen molar-refractivity contribution in [2.45, 2.75) is 39.7 Å². The van der Waals surface area contributed by atoms with Crippen LogP contribution in [0.1, 0.15) is 51.9 Å². The van der Waals surface area contributed by atoms with Gasteiger partial charge in [0, 0.05) is 30.5 Å². The highest BCUT2D eigenvalue weighted by Crippen LogP contribution is 2.36. The fraction of sp³-hybridized carbons (Fsp3) is 0.444. The molecule has 1 amide bonds. The van der Waals surface area contributed by atoms with Crippen LogP contribution in [0, 0.1) is 20.8 Å². The maximum absolute atomic E-state index is 13.4. The summed E-state index contributed by atoms with van der Waals surface area (Å²) in [6, 6.07) is 1.95. The van der Waals surface area contributed by atoms with E-state index in [4.69, 9.17) is 0 Å². The normalized spacial score (nSPS) is 17.6. The van der Waals surface area contributed by atoms with E-state index in [1.807, 2.05) is 38.8 Å². The molecule has 0 aromatic carbocycles. The zero-order chi connectivity index (χ0) is 17.7. The van der Waals surface area contributed by atoms with Crippen LogP contribution in [0.2, 0.25) is 0 Å². The summed E-state index contributed by atoms with van der Waals surface area (Å²) in [6.45, 7) is 6.69. The van der Waals surface area contributed by atoms with Gasteiger partial charge in [0.1, 0.15) is 0 Å². The number of likely N-dealkylation sites (tertiary alicyclic amines) is 1. The fourth-order valence-corrected chi connectivity index (χ4v) is 3.93. The van der Waals surface area contributed by atoms with E-state index in [9.17, 15) is 4.79 Å². The van der Waals surface area contributed by atoms with Crippen LogP contribution in [0.25, 0.3) is 11.0 Å². The highest BCUT2D eigenvalue weighted by Gasteiger charge is 2.34. The Bertz CT molecular complexity index is 950. The van der Waals surface area contributed by atoms with E-state index in [1.165, 1.54) is 0 Å². The molecule has 1 fully saturated rings. The molecular weight excluding hydrogens is 316 g/mol. The predicted molar refractivity (Wildman–Crippen MR) is 94.3 cm³/mol. The van der Waals surface area contributed by atoms with Crippen molar-refractivity contribution in [3.05, 3.63) is 40.5 Å². The maximum Gasteiger partial charge on any atom is 0.255 e. The predicted octanol–water partition coefficient (Wildman–Crippen LogP) is 2.59. The molecule has 4 rings (SSSR count). The van der Waals surface area contributed by atoms with Crippen molar-refractivity contribution in [3.63, 3.8) is 0 Å². The van der Waals surface area contributed by atoms with Crippen molar-refractivity contribution in [1.29, 1.82) is 0 Å². The van der Waals surface area contributed by atoms with Gasteiger partial charge >= 0.3 is 0 Å². The van der Waals surface area contributed by atoms with Crippen LogP contribution in [-0.2, 0) is 7.05 Å². The number of carbonyl (C=O) groups is 1. The molecule has 0 aliphatic carbocycles. The summed E-state index contributed by atoms with van der Waals surface area (Å²) in [6.07, 6.45) is 3.70. The van der Waals surface area contributed by atoms with Gasteiger partial charge in [0.15, 0.2) is 5.65 Å². The van der Waals surface area contributed by atoms with Gasteiger partial charge in [-0.15, -0.1) is 0 Å². The van der Waals surface area contributed by atoms with Crippen molar-refractivity contribution < 1.29 is 4.79 Å². The quantitative estimate of drug-likeness (QED) is 0.779. The first-order valence-electron chi connectivity index (χ1n) is 8.59. The lowest BCUT2D eigenvalue weighted by Gasteiger charge is -2.25. The monoisotopic (exact) mass is 338 g/mol. The number of fused-ring (bicyclic) bond motifs is 1. The number of pyridine rings is 1. The number of hydrogen-bond donors (Lipinski definition) is 1. The van der Waals surface area contributed by atoms with E-state index in [0.717, 1.165) is 53.1 Å². The molecule has 1 atom stereocenters. The van der Waals surface area contributed by atoms with Crippen LogP contribution in [0.4, 0.5) is 0 Å². The lowest BCUT2D eigenvalue weighted by molar-refractivity contribution is 0.0737. The first-order chi connectivity index (χ1) is 12.0. The number of nitrogens with zero attached hydrogens (tertiary/aromatic N) is 5. The van der Waals surface area contributed by atoms with E-state index in [1.54, 1.807) is 10.9 Å². The van der Waals surface area contributed by atoms with Gasteiger partial charge in [0.25, 0.3) is 5.91 Å². The molecular formula is C18H22N6O. The van der Waals surface area contributed by atoms with Gasteiger partial charge in [0.2, 0.25) is 0 Å². The molecule has 7 nitrogen and oxygen atoms in total. The molecule has 1 unspecified atom stereocenters. The SMILES string of the molecule is Cc1cc(C(=O)N2CCCC2c2c(C)n[nH]c2C)c2cnn(C)c2n1. The van der Waals surface area contributed by atoms with Crippen molar-refractivity contribution in [2.75, 3.05) is 6.54 Å². The number of carbonyl (C=O) groups excluding carboxylic acids is 1. The van der Waals surface area contributed by atoms with Crippen LogP contribution >= 0.6 is 0 Å². The lowest BCUT2D eigenvalue weighted by atomic mass is 10.0. The Morgan fingerprint density at radius 3 is 2.84 bits per heavy atom. The standard InChI is InChI=1S/C18H22N6O/c1-10-8-13(14-9-19-23(4)17(14)20-10)18(25)24-7-5-6-15(24)16-11(2)21-22-12(16)3/h8-9,15H,5-7H2,1-4H3,(H,21,22). The van der Waals surface area contributed by atoms with Crippen LogP contribution in [0.15, 0.2) is 12.3 Å². The van der Waals surface area contributed by atoms with Gasteiger partial charge in [-0.3, -0.25) is 14.6 Å². The Labute approximate surface area is 146 Å². The second kappa shape index (κ2) is 5.68. The van der Waals surface area contributed by atoms with E-state index in [2.05, 4.69) is 20.3 Å². The van der Waals surface area contributed by atoms with E-state index in [-0.39, 0.29) is 11.9 Å². The molecule has 0 saturated carbocycles. The second-order valence-corrected chi connectivity index (χ2v) is 6.82. The molecule has 0 bridgehead atoms. The van der Waals surface area contributed by atoms with Crippen LogP contribution in [0.5, 0.6) is 0 Å². The van der Waals surface area contributed by atoms with Gasteiger partial charge in [0.05, 0.1) is 28.9 Å². The third kappa shape index (κ3) is 2.42. The number of nitrogens with one attached hydrogen (secondary N) is 1. The van der Waals surface area contributed by atoms with Crippen LogP contribution in [0.3, 0.4) is 0 Å². The summed E-state index contributed by atoms with van der Waals surface area (Å²) in [5, 5.41) is 12.4. The summed E-state index contributed by atoms with van der Waals surface area (Å²) >= 11 is 0. The first kappa shape index (κ1) is 15.8. The molecule has 130 valence electrons. The molecule has 1 aliphatic heterocycles. The molecule has 0 radical (unpaired) electrons. The Kier molecular flexibility index (Phi) is 3.59. The van der Waals surface area contributed by atoms with E-state index < -0.39 is 0 Å². The minimum Gasteiger partial charge on any atom is -0.331 e. The topological polar surface area (TPSA) is 79.7 Å². The minimum atomic E-state index is 0.0472. The number of aromatic nitrogens is 5. The van der Waals surface area contributed by atoms with Crippen molar-refractivity contribution >= 4 is 16.9 Å². The van der Waals surface area contributed by atoms with Crippen molar-refractivity contribution in [2.24, 2.45) is 7.05 Å². The van der Waals surface area contributed by atoms with Crippen LogP contribution < -0.4 is 0 Å². The molecule has 25 heavy (non-hydrogen) atoms. The Hall–Kier alpha value is -2.70. The molecule has 1 saturated heterocycles. The third-order valence-electron chi connectivity index (χ3n) is 5.10. The number of amides is 1. The molecule has 1 N–H and O–H groups in total. The van der Waals surface area contributed by atoms with Gasteiger partial charge in [-0.2, -0.15) is 10.2 Å². The molecule has 7 heteroatoms. The van der Waals surface area contributed by atoms with Gasteiger partial charge in [-0.1, -0.05) is 0 Å². The first-order valence-corrected chi connectivity index (χ1v) is 8.59. The molecule has 3 aromatic rings. The smallest absolute Gasteiger partial charge is 0.255 e. The summed E-state index contributed by atoms with van der Waals surface area (Å²) in [5.41, 5.74) is 5.42. The fourth-order valence-electron chi connectivity index (χ4n) is 3.93. The average Bonchev–Trinajstić information content (AvgIpc) is 3.27. The third-order valence-corrected chi connectivity index (χ3v) is 5.10. The molecule has 0 spiro atoms. The highest BCUT2D eigenvalue weighted by molar-refractivity contribution is 6.05. The number of rotatable bonds is 2. The summed E-state index contributed by atoms with van der Waals surface area (Å²) < 4.78 is 1.71. The van der Waals surface area contributed by atoms with E-state index >= 15 is 0 Å². The number of aromatic amines is 1. The number of hydrogen-bond acceptors (Lipinski definition) is 4. The number of aryl methyl sites for hydroxylation is 4. The summed E-state index contributed by atoms with van der Waals surface area (Å²) in [5.74, 6) is 0.0472. The largest absolute Gasteiger partial charge is 0.331 e. The van der Waals surface area contributed by atoms with Crippen molar-refractivity contribution in [1.82, 2.24) is 29.9 Å². The molecule has 3 aromatic heterocycles. The molecule has 1 aliphatic rings. The lowest BCUT2D eigenvalue weighted by Crippen LogP contribution is -2.31. The second-order valence-electron chi connectivity index (χ2n) is 6.82. The summed E-state index contributed by atoms with van der Waals surface area (Å²) in [7, 11) is 1.85. The highest BCUT2D eigenvalue weighted by atomic mass is 16.2. The van der Waals surface area contributed by atoms with Gasteiger partial charge in [-0.25, -0.2) is 4.98 Å². The Morgan fingerprint density at radius 1 is 1.32 bits per heavy atom. The van der Waals surface area contributed by atoms with Gasteiger partial charge < -0.3 is 4.90 Å². The summed E-state index contributed by atoms with van der Waals surface area (Å²) in [4.78, 5) is 19.9. The maximum atomic E-state index is 13.4. The Balaban J connectivity index is 1.78. The zero-order valence-electron chi connectivity index (χ0n) is 15.0. The Morgan fingerprint density at radius 2 is 2.12 bits per heavy atom. The zero-order valence-corrected chi connectivity index (χ0v) is 15.0. The average molecular weight is 338 g/mol. The minimum absolute atomic E-state index is 0.0472. The van der Waals surface area contributed by atoms with Crippen molar-refractivity contribution in [3.8, 4) is 0 Å². The van der Waals surface area contributed by atoms with Gasteiger partial charge in [-0.05, 0) is 39.7 Å².